The van der Waals surface area contributed by atoms with Gasteiger partial charge in [-0.3, -0.25) is 4.98 Å². The molecule has 1 aromatic heterocycles. The Kier molecular flexibility index (Phi) is 2.04. The molecule has 0 bridgehead atoms. The fourth-order valence-electron chi connectivity index (χ4n) is 2.20. The standard InChI is InChI=1S/C12H12FN3/c13-7-1-2-8-10(5-7)16-11-6-15-4-3-9(11)12(8)14/h1-2,5,15H,3-4,6H2,(H2,14,16). The normalized spacial score (nSPS) is 15.1. The topological polar surface area (TPSA) is 50.9 Å². The zero-order valence-electron chi connectivity index (χ0n) is 8.76. The van der Waals surface area contributed by atoms with Crippen molar-refractivity contribution in [1.82, 2.24) is 10.3 Å². The number of anilines is 1. The molecule has 3 rings (SSSR count). The van der Waals surface area contributed by atoms with Gasteiger partial charge in [0.25, 0.3) is 0 Å². The van der Waals surface area contributed by atoms with Crippen molar-refractivity contribution in [2.24, 2.45) is 0 Å². The molecule has 0 saturated heterocycles. The van der Waals surface area contributed by atoms with Crippen molar-refractivity contribution in [2.75, 3.05) is 12.3 Å². The summed E-state index contributed by atoms with van der Waals surface area (Å²) in [7, 11) is 0. The number of fused-ring (bicyclic) bond motifs is 2. The summed E-state index contributed by atoms with van der Waals surface area (Å²) in [5.41, 5.74) is 9.55. The molecule has 0 atom stereocenters. The number of hydrogen-bond donors (Lipinski definition) is 2. The number of hydrogen-bond acceptors (Lipinski definition) is 3. The summed E-state index contributed by atoms with van der Waals surface area (Å²) in [6, 6.07) is 4.56. The predicted molar refractivity (Wildman–Crippen MR) is 61.5 cm³/mol. The maximum Gasteiger partial charge on any atom is 0.125 e. The molecule has 1 aromatic carbocycles. The number of pyridine rings is 1. The molecule has 4 heteroatoms. The first-order chi connectivity index (χ1) is 7.75. The van der Waals surface area contributed by atoms with E-state index in [4.69, 9.17) is 5.73 Å². The molecule has 3 nitrogen and oxygen atoms in total. The predicted octanol–water partition coefficient (Wildman–Crippen LogP) is 1.60. The Morgan fingerprint density at radius 2 is 2.25 bits per heavy atom. The molecule has 82 valence electrons. The van der Waals surface area contributed by atoms with Crippen molar-refractivity contribution < 1.29 is 4.39 Å². The lowest BCUT2D eigenvalue weighted by Crippen LogP contribution is -2.25. The van der Waals surface area contributed by atoms with Crippen LogP contribution in [0.15, 0.2) is 18.2 Å². The van der Waals surface area contributed by atoms with Gasteiger partial charge >= 0.3 is 0 Å². The molecule has 3 N–H and O–H groups in total. The van der Waals surface area contributed by atoms with Crippen molar-refractivity contribution in [3.63, 3.8) is 0 Å². The van der Waals surface area contributed by atoms with Gasteiger partial charge in [0.2, 0.25) is 0 Å². The summed E-state index contributed by atoms with van der Waals surface area (Å²) in [4.78, 5) is 4.45. The van der Waals surface area contributed by atoms with Gasteiger partial charge in [-0.25, -0.2) is 4.39 Å². The average molecular weight is 217 g/mol. The second kappa shape index (κ2) is 3.42. The highest BCUT2D eigenvalue weighted by Gasteiger charge is 2.15. The summed E-state index contributed by atoms with van der Waals surface area (Å²) in [5.74, 6) is -0.275. The molecule has 0 aliphatic carbocycles. The zero-order valence-corrected chi connectivity index (χ0v) is 8.76. The van der Waals surface area contributed by atoms with E-state index in [1.54, 1.807) is 6.07 Å². The monoisotopic (exact) mass is 217 g/mol. The minimum absolute atomic E-state index is 0.275. The molecule has 1 aliphatic rings. The van der Waals surface area contributed by atoms with Gasteiger partial charge in [-0.1, -0.05) is 0 Å². The molecule has 0 amide bonds. The van der Waals surface area contributed by atoms with E-state index in [-0.39, 0.29) is 5.82 Å². The van der Waals surface area contributed by atoms with Gasteiger partial charge in [0.15, 0.2) is 0 Å². The van der Waals surface area contributed by atoms with Crippen molar-refractivity contribution >= 4 is 16.6 Å². The number of benzene rings is 1. The first-order valence-corrected chi connectivity index (χ1v) is 5.33. The molecule has 0 spiro atoms. The Morgan fingerprint density at radius 1 is 1.38 bits per heavy atom. The molecule has 0 radical (unpaired) electrons. The third-order valence-electron chi connectivity index (χ3n) is 3.02. The number of aromatic nitrogens is 1. The Bertz CT molecular complexity index is 566. The quantitative estimate of drug-likeness (QED) is 0.704. The van der Waals surface area contributed by atoms with E-state index < -0.39 is 0 Å². The first kappa shape index (κ1) is 9.54. The summed E-state index contributed by atoms with van der Waals surface area (Å²) >= 11 is 0. The highest BCUT2D eigenvalue weighted by Crippen LogP contribution is 2.28. The molecular weight excluding hydrogens is 205 g/mol. The van der Waals surface area contributed by atoms with Crippen LogP contribution in [0.25, 0.3) is 10.9 Å². The van der Waals surface area contributed by atoms with Crippen LogP contribution < -0.4 is 11.1 Å². The smallest absolute Gasteiger partial charge is 0.125 e. The van der Waals surface area contributed by atoms with E-state index in [1.165, 1.54) is 12.1 Å². The van der Waals surface area contributed by atoms with Crippen LogP contribution in [0.1, 0.15) is 11.3 Å². The van der Waals surface area contributed by atoms with E-state index in [0.29, 0.717) is 12.1 Å². The van der Waals surface area contributed by atoms with Gasteiger partial charge in [0.05, 0.1) is 11.2 Å². The van der Waals surface area contributed by atoms with Crippen LogP contribution in [0.3, 0.4) is 0 Å². The minimum atomic E-state index is -0.275. The van der Waals surface area contributed by atoms with Crippen molar-refractivity contribution in [2.45, 2.75) is 13.0 Å². The summed E-state index contributed by atoms with van der Waals surface area (Å²) in [6.45, 7) is 1.64. The molecule has 1 aliphatic heterocycles. The lowest BCUT2D eigenvalue weighted by Gasteiger charge is -2.19. The van der Waals surface area contributed by atoms with Gasteiger partial charge < -0.3 is 11.1 Å². The van der Waals surface area contributed by atoms with Crippen LogP contribution in [0, 0.1) is 5.82 Å². The van der Waals surface area contributed by atoms with Crippen LogP contribution in [-0.2, 0) is 13.0 Å². The number of nitrogens with zero attached hydrogens (tertiary/aromatic N) is 1. The van der Waals surface area contributed by atoms with Crippen LogP contribution >= 0.6 is 0 Å². The number of nitrogens with one attached hydrogen (secondary N) is 1. The number of nitrogen functional groups attached to an aromatic ring is 1. The first-order valence-electron chi connectivity index (χ1n) is 5.33. The third-order valence-corrected chi connectivity index (χ3v) is 3.02. The van der Waals surface area contributed by atoms with Gasteiger partial charge in [0.1, 0.15) is 5.82 Å². The minimum Gasteiger partial charge on any atom is -0.398 e. The zero-order chi connectivity index (χ0) is 11.1. The lowest BCUT2D eigenvalue weighted by atomic mass is 10.0. The maximum absolute atomic E-state index is 13.1. The Hall–Kier alpha value is -1.68. The Labute approximate surface area is 92.5 Å². The summed E-state index contributed by atoms with van der Waals surface area (Å²) < 4.78 is 13.1. The van der Waals surface area contributed by atoms with E-state index in [0.717, 1.165) is 35.3 Å². The lowest BCUT2D eigenvalue weighted by molar-refractivity contribution is 0.625. The van der Waals surface area contributed by atoms with Crippen molar-refractivity contribution in [1.29, 1.82) is 0 Å². The van der Waals surface area contributed by atoms with E-state index in [1.807, 2.05) is 0 Å². The molecule has 2 aromatic rings. The SMILES string of the molecule is Nc1c2c(nc3cc(F)ccc13)CNCC2. The van der Waals surface area contributed by atoms with Crippen LogP contribution in [0.2, 0.25) is 0 Å². The highest BCUT2D eigenvalue weighted by atomic mass is 19.1. The molecule has 0 fully saturated rings. The largest absolute Gasteiger partial charge is 0.398 e. The van der Waals surface area contributed by atoms with E-state index in [2.05, 4.69) is 10.3 Å². The summed E-state index contributed by atoms with van der Waals surface area (Å²) in [5, 5.41) is 4.08. The highest BCUT2D eigenvalue weighted by molar-refractivity contribution is 5.92. The fraction of sp³-hybridized carbons (Fsp3) is 0.250. The van der Waals surface area contributed by atoms with Crippen LogP contribution in [-0.4, -0.2) is 11.5 Å². The second-order valence-corrected chi connectivity index (χ2v) is 4.04. The van der Waals surface area contributed by atoms with Gasteiger partial charge in [-0.2, -0.15) is 0 Å². The number of nitrogens with two attached hydrogens (primary N) is 1. The molecule has 16 heavy (non-hydrogen) atoms. The van der Waals surface area contributed by atoms with Gasteiger partial charge in [-0.15, -0.1) is 0 Å². The number of rotatable bonds is 0. The molecule has 0 saturated carbocycles. The Morgan fingerprint density at radius 3 is 3.12 bits per heavy atom. The van der Waals surface area contributed by atoms with Crippen LogP contribution in [0.5, 0.6) is 0 Å². The van der Waals surface area contributed by atoms with Crippen LogP contribution in [0.4, 0.5) is 10.1 Å². The van der Waals surface area contributed by atoms with E-state index in [9.17, 15) is 4.39 Å². The second-order valence-electron chi connectivity index (χ2n) is 4.04. The van der Waals surface area contributed by atoms with Gasteiger partial charge in [0, 0.05) is 23.7 Å². The number of halogens is 1. The molecule has 2 heterocycles. The third kappa shape index (κ3) is 1.34. The summed E-state index contributed by atoms with van der Waals surface area (Å²) in [6.07, 6.45) is 0.890. The van der Waals surface area contributed by atoms with Crippen molar-refractivity contribution in [3.05, 3.63) is 35.3 Å². The van der Waals surface area contributed by atoms with E-state index >= 15 is 0 Å². The molecule has 0 unspecified atom stereocenters. The average Bonchev–Trinajstić information content (AvgIpc) is 2.29. The van der Waals surface area contributed by atoms with Crippen molar-refractivity contribution in [3.8, 4) is 0 Å². The molecular formula is C12H12FN3. The maximum atomic E-state index is 13.1. The Balaban J connectivity index is 2.34. The fourth-order valence-corrected chi connectivity index (χ4v) is 2.20. The van der Waals surface area contributed by atoms with Gasteiger partial charge in [-0.05, 0) is 30.7 Å².